The number of H-pyrrole nitrogens is 1. The predicted molar refractivity (Wildman–Crippen MR) is 115 cm³/mol. The maximum Gasteiger partial charge on any atom is 0.328 e. The number of aromatic amines is 1. The maximum absolute atomic E-state index is 13.0. The number of hydrogen-bond acceptors (Lipinski definition) is 4. The van der Waals surface area contributed by atoms with Crippen LogP contribution in [-0.2, 0) is 27.2 Å². The third-order valence-electron chi connectivity index (χ3n) is 5.10. The van der Waals surface area contributed by atoms with Gasteiger partial charge in [0.1, 0.15) is 17.9 Å². The molecule has 2 amide bonds. The van der Waals surface area contributed by atoms with Crippen LogP contribution in [-0.4, -0.2) is 51.7 Å². The highest BCUT2D eigenvalue weighted by atomic mass is 19.1. The van der Waals surface area contributed by atoms with Gasteiger partial charge in [0.25, 0.3) is 0 Å². The summed E-state index contributed by atoms with van der Waals surface area (Å²) in [5, 5.41) is 24.1. The van der Waals surface area contributed by atoms with Crippen molar-refractivity contribution in [2.45, 2.75) is 31.3 Å². The number of fused-ring (bicyclic) bond motifs is 1. The number of carbonyl (C=O) groups is 3. The molecule has 2 atom stereocenters. The summed E-state index contributed by atoms with van der Waals surface area (Å²) in [4.78, 5) is 39.6. The normalized spacial score (nSPS) is 12.8. The number of halogens is 1. The molecule has 0 aliphatic carbocycles. The van der Waals surface area contributed by atoms with E-state index in [1.165, 1.54) is 12.1 Å². The number of carboxylic acids is 1. The third-order valence-corrected chi connectivity index (χ3v) is 5.10. The predicted octanol–water partition coefficient (Wildman–Crippen LogP) is 1.53. The van der Waals surface area contributed by atoms with Gasteiger partial charge in [-0.3, -0.25) is 9.59 Å². The minimum Gasteiger partial charge on any atom is -0.480 e. The Morgan fingerprint density at radius 2 is 1.72 bits per heavy atom. The van der Waals surface area contributed by atoms with Gasteiger partial charge in [-0.05, 0) is 35.7 Å². The lowest BCUT2D eigenvalue weighted by Gasteiger charge is -2.20. The summed E-state index contributed by atoms with van der Waals surface area (Å²) in [6.45, 7) is -0.778. The molecule has 9 heteroatoms. The van der Waals surface area contributed by atoms with E-state index in [9.17, 15) is 23.9 Å². The van der Waals surface area contributed by atoms with Crippen molar-refractivity contribution in [1.29, 1.82) is 0 Å². The zero-order valence-electron chi connectivity index (χ0n) is 17.2. The monoisotopic (exact) mass is 441 g/mol. The molecule has 0 saturated carbocycles. The van der Waals surface area contributed by atoms with Crippen LogP contribution in [0.25, 0.3) is 10.9 Å². The Morgan fingerprint density at radius 1 is 1.00 bits per heavy atom. The number of amides is 2. The van der Waals surface area contributed by atoms with Crippen LogP contribution >= 0.6 is 0 Å². The Morgan fingerprint density at radius 3 is 2.41 bits per heavy atom. The van der Waals surface area contributed by atoms with Crippen molar-refractivity contribution in [3.8, 4) is 0 Å². The van der Waals surface area contributed by atoms with Crippen LogP contribution in [0, 0.1) is 5.82 Å². The molecular weight excluding hydrogens is 417 g/mol. The number of nitrogens with one attached hydrogen (secondary N) is 3. The van der Waals surface area contributed by atoms with Gasteiger partial charge in [-0.15, -0.1) is 0 Å². The third kappa shape index (κ3) is 5.92. The van der Waals surface area contributed by atoms with E-state index in [4.69, 9.17) is 5.11 Å². The van der Waals surface area contributed by atoms with Gasteiger partial charge in [0.15, 0.2) is 0 Å². The van der Waals surface area contributed by atoms with Gasteiger partial charge in [-0.25, -0.2) is 9.18 Å². The number of aliphatic carboxylic acids is 1. The van der Waals surface area contributed by atoms with E-state index >= 15 is 0 Å². The van der Waals surface area contributed by atoms with Crippen LogP contribution in [0.3, 0.4) is 0 Å². The molecule has 8 nitrogen and oxygen atoms in total. The number of hydrogen-bond donors (Lipinski definition) is 5. The van der Waals surface area contributed by atoms with E-state index in [0.717, 1.165) is 22.0 Å². The molecule has 168 valence electrons. The number of carboxylic acid groups (broad SMARTS) is 1. The molecule has 0 spiro atoms. The number of aliphatic hydroxyl groups is 1. The molecule has 5 N–H and O–H groups in total. The van der Waals surface area contributed by atoms with Crippen LogP contribution in [0.2, 0.25) is 0 Å². The highest BCUT2D eigenvalue weighted by Crippen LogP contribution is 2.19. The quantitative estimate of drug-likeness (QED) is 0.326. The van der Waals surface area contributed by atoms with Crippen molar-refractivity contribution >= 4 is 28.7 Å². The molecule has 0 saturated heterocycles. The first-order valence-electron chi connectivity index (χ1n) is 10.1. The lowest BCUT2D eigenvalue weighted by atomic mass is 10.0. The van der Waals surface area contributed by atoms with Gasteiger partial charge >= 0.3 is 5.97 Å². The number of para-hydroxylation sites is 1. The average Bonchev–Trinajstić information content (AvgIpc) is 3.19. The summed E-state index contributed by atoms with van der Waals surface area (Å²) in [5.41, 5.74) is 2.41. The first-order valence-corrected chi connectivity index (χ1v) is 10.1. The molecule has 1 aromatic heterocycles. The van der Waals surface area contributed by atoms with Crippen LogP contribution in [0.1, 0.15) is 17.5 Å². The van der Waals surface area contributed by atoms with E-state index < -0.39 is 36.5 Å². The zero-order valence-corrected chi connectivity index (χ0v) is 17.2. The van der Waals surface area contributed by atoms with E-state index in [2.05, 4.69) is 15.6 Å². The Bertz CT molecular complexity index is 1100. The zero-order chi connectivity index (χ0) is 23.1. The van der Waals surface area contributed by atoms with Gasteiger partial charge in [0, 0.05) is 29.9 Å². The summed E-state index contributed by atoms with van der Waals surface area (Å²) in [6.07, 6.45) is 2.26. The smallest absolute Gasteiger partial charge is 0.328 e. The van der Waals surface area contributed by atoms with Crippen LogP contribution in [0.4, 0.5) is 4.39 Å². The van der Waals surface area contributed by atoms with Gasteiger partial charge < -0.3 is 25.8 Å². The van der Waals surface area contributed by atoms with Gasteiger partial charge in [-0.2, -0.15) is 0 Å². The summed E-state index contributed by atoms with van der Waals surface area (Å²) < 4.78 is 13.0. The molecular formula is C23H24FN3O5. The Balaban J connectivity index is 1.73. The molecule has 2 aromatic carbocycles. The molecule has 3 rings (SSSR count). The van der Waals surface area contributed by atoms with E-state index in [1.54, 1.807) is 18.3 Å². The molecule has 0 fully saturated rings. The van der Waals surface area contributed by atoms with Gasteiger partial charge in [0.05, 0.1) is 6.61 Å². The Hall–Kier alpha value is -3.72. The van der Waals surface area contributed by atoms with Crippen molar-refractivity contribution in [1.82, 2.24) is 15.6 Å². The van der Waals surface area contributed by atoms with E-state index in [1.807, 2.05) is 24.3 Å². The first-order chi connectivity index (χ1) is 15.4. The fourth-order valence-electron chi connectivity index (χ4n) is 3.36. The number of benzene rings is 2. The second-order valence-corrected chi connectivity index (χ2v) is 7.39. The minimum absolute atomic E-state index is 0.0612. The number of rotatable bonds is 10. The summed E-state index contributed by atoms with van der Waals surface area (Å²) in [6, 6.07) is 10.7. The van der Waals surface area contributed by atoms with Crippen LogP contribution in [0.15, 0.2) is 54.7 Å². The van der Waals surface area contributed by atoms with Crippen molar-refractivity contribution in [2.75, 3.05) is 6.61 Å². The van der Waals surface area contributed by atoms with Crippen molar-refractivity contribution < 1.29 is 29.0 Å². The van der Waals surface area contributed by atoms with Gasteiger partial charge in [0.2, 0.25) is 11.8 Å². The fourth-order valence-corrected chi connectivity index (χ4v) is 3.36. The van der Waals surface area contributed by atoms with Crippen molar-refractivity contribution in [2.24, 2.45) is 0 Å². The highest BCUT2D eigenvalue weighted by molar-refractivity contribution is 5.91. The Labute approximate surface area is 183 Å². The SMILES string of the molecule is O=C(CCc1ccc(F)cc1)N[C@@H](Cc1c[nH]c2ccccc12)C(=O)N[C@@H](CO)C(=O)O. The molecule has 0 radical (unpaired) electrons. The second-order valence-electron chi connectivity index (χ2n) is 7.39. The number of aliphatic hydroxyl groups excluding tert-OH is 1. The lowest BCUT2D eigenvalue weighted by Crippen LogP contribution is -2.53. The van der Waals surface area contributed by atoms with E-state index in [0.29, 0.717) is 6.42 Å². The molecule has 0 aliphatic rings. The summed E-state index contributed by atoms with van der Waals surface area (Å²) in [5.74, 6) is -2.88. The van der Waals surface area contributed by atoms with Crippen LogP contribution in [0.5, 0.6) is 0 Å². The minimum atomic E-state index is -1.48. The topological polar surface area (TPSA) is 132 Å². The standard InChI is InChI=1S/C23H24FN3O5/c24-16-8-5-14(6-9-16)7-10-21(29)26-19(22(30)27-20(13-28)23(31)32)11-15-12-25-18-4-2-1-3-17(15)18/h1-6,8-9,12,19-20,25,28H,7,10-11,13H2,(H,26,29)(H,27,30)(H,31,32)/t19-,20-/m0/s1. The molecule has 0 bridgehead atoms. The molecule has 3 aromatic rings. The lowest BCUT2D eigenvalue weighted by molar-refractivity contribution is -0.143. The number of aryl methyl sites for hydroxylation is 1. The van der Waals surface area contributed by atoms with Crippen molar-refractivity contribution in [3.05, 3.63) is 71.7 Å². The highest BCUT2D eigenvalue weighted by Gasteiger charge is 2.27. The first kappa shape index (κ1) is 23.0. The maximum atomic E-state index is 13.0. The molecule has 1 heterocycles. The van der Waals surface area contributed by atoms with E-state index in [-0.39, 0.29) is 18.7 Å². The number of carbonyl (C=O) groups excluding carboxylic acids is 2. The van der Waals surface area contributed by atoms with Crippen molar-refractivity contribution in [3.63, 3.8) is 0 Å². The second kappa shape index (κ2) is 10.5. The Kier molecular flexibility index (Phi) is 7.56. The van der Waals surface area contributed by atoms with Crippen LogP contribution < -0.4 is 10.6 Å². The number of aromatic nitrogens is 1. The summed E-state index contributed by atoms with van der Waals surface area (Å²) >= 11 is 0. The molecule has 32 heavy (non-hydrogen) atoms. The summed E-state index contributed by atoms with van der Waals surface area (Å²) in [7, 11) is 0. The molecule has 0 aliphatic heterocycles. The fraction of sp³-hybridized carbons (Fsp3) is 0.261. The average molecular weight is 441 g/mol. The largest absolute Gasteiger partial charge is 0.480 e. The molecule has 0 unspecified atom stereocenters. The van der Waals surface area contributed by atoms with Gasteiger partial charge in [-0.1, -0.05) is 30.3 Å².